The summed E-state index contributed by atoms with van der Waals surface area (Å²) < 4.78 is 0. The van der Waals surface area contributed by atoms with Gasteiger partial charge in [0.2, 0.25) is 0 Å². The van der Waals surface area contributed by atoms with E-state index >= 15 is 0 Å². The van der Waals surface area contributed by atoms with Crippen molar-refractivity contribution in [1.82, 2.24) is 0 Å². The molecule has 16 atom stereocenters. The van der Waals surface area contributed by atoms with Crippen molar-refractivity contribution in [2.24, 2.45) is 94.7 Å². The smallest absolute Gasteiger partial charge is 0 e. The molecule has 0 aromatic carbocycles. The van der Waals surface area contributed by atoms with E-state index in [4.69, 9.17) is 0 Å². The average Bonchev–Trinajstić information content (AvgIpc) is 3.64. The monoisotopic (exact) mass is 597 g/mol. The molecule has 43 heavy (non-hydrogen) atoms. The van der Waals surface area contributed by atoms with E-state index in [1.807, 2.05) is 0 Å². The van der Waals surface area contributed by atoms with Gasteiger partial charge < -0.3 is 0 Å². The Bertz CT molecular complexity index is 755. The zero-order valence-electron chi connectivity index (χ0n) is 27.1. The summed E-state index contributed by atoms with van der Waals surface area (Å²) in [7, 11) is 0. The summed E-state index contributed by atoms with van der Waals surface area (Å²) in [5.41, 5.74) is 0. The SMILES string of the molecule is C.C.C.C[C@@H]1C2CCCCC2C2CCC3CCCC3C2[C@H]1C.C[C@H]1C2CCCCC2C2CCC3CCCC3C2[C@@H]1C.[2HH].[2HH].[B].[B]. The molecule has 8 saturated carbocycles. The van der Waals surface area contributed by atoms with Crippen LogP contribution in [0.3, 0.4) is 0 Å². The molecule has 0 aromatic heterocycles. The highest BCUT2D eigenvalue weighted by Crippen LogP contribution is 2.62. The minimum absolute atomic E-state index is 0. The molecule has 8 rings (SSSR count). The van der Waals surface area contributed by atoms with E-state index in [1.165, 1.54) is 12.8 Å². The summed E-state index contributed by atoms with van der Waals surface area (Å²) in [4.78, 5) is 0. The van der Waals surface area contributed by atoms with Crippen LogP contribution in [0, 0.1) is 94.7 Å². The Balaban J connectivity index is 0.000000745. The molecule has 6 radical (unpaired) electrons. The number of rotatable bonds is 0. The Morgan fingerprint density at radius 2 is 0.628 bits per heavy atom. The third kappa shape index (κ3) is 6.77. The van der Waals surface area contributed by atoms with Crippen LogP contribution < -0.4 is 0 Å². The molecule has 0 bridgehead atoms. The van der Waals surface area contributed by atoms with Crippen molar-refractivity contribution in [1.29, 1.82) is 0 Å². The van der Waals surface area contributed by atoms with E-state index in [-0.39, 0.29) is 42.0 Å². The second-order valence-electron chi connectivity index (χ2n) is 17.0. The van der Waals surface area contributed by atoms with Crippen molar-refractivity contribution in [3.05, 3.63) is 0 Å². The normalized spacial score (nSPS) is 50.5. The van der Waals surface area contributed by atoms with Gasteiger partial charge in [-0.15, -0.1) is 0 Å². The first-order valence-electron chi connectivity index (χ1n) is 18.5. The number of fused-ring (bicyclic) bond motifs is 10. The molecule has 2 heteroatoms. The lowest BCUT2D eigenvalue weighted by molar-refractivity contribution is -0.0844. The van der Waals surface area contributed by atoms with Crippen molar-refractivity contribution >= 4 is 16.8 Å². The van der Waals surface area contributed by atoms with Gasteiger partial charge in [-0.25, -0.2) is 0 Å². The van der Waals surface area contributed by atoms with Gasteiger partial charge >= 0.3 is 0 Å². The molecule has 12 unspecified atom stereocenters. The molecule has 0 N–H and O–H groups in total. The third-order valence-corrected chi connectivity index (χ3v) is 16.2. The van der Waals surface area contributed by atoms with E-state index in [0.717, 1.165) is 94.7 Å². The number of hydrogen-bond acceptors (Lipinski definition) is 0. The van der Waals surface area contributed by atoms with Gasteiger partial charge in [0.1, 0.15) is 0 Å². The standard InChI is InChI=1S/2C19H32.3CH4.2B.2H2/c2*1-12-13(2)19-16-9-5-6-14(16)10-11-18(19)17-8-4-3-7-15(12)17;;;;;;;/h2*12-19H,3-11H2,1-2H3;3*1H4;;;2*1H/t2*12-,13-,14?,15?,16?,17?,18?,19?;;;;;;;/m10......./s1/i;;;;;;;2*1+1. The minimum Gasteiger partial charge on any atom is -0.0776 e. The fourth-order valence-electron chi connectivity index (χ4n) is 14.5. The first-order valence-corrected chi connectivity index (χ1v) is 18.5. The van der Waals surface area contributed by atoms with Gasteiger partial charge in [-0.05, 0) is 159 Å². The molecule has 8 aliphatic carbocycles. The molecule has 0 amide bonds. The van der Waals surface area contributed by atoms with Gasteiger partial charge in [0, 0.05) is 19.7 Å². The molecule has 250 valence electrons. The summed E-state index contributed by atoms with van der Waals surface area (Å²) >= 11 is 0. The first kappa shape index (κ1) is 39.3. The van der Waals surface area contributed by atoms with Crippen LogP contribution in [0.15, 0.2) is 0 Å². The highest BCUT2D eigenvalue weighted by atomic mass is 14.6. The zero-order valence-corrected chi connectivity index (χ0v) is 27.1. The molecule has 0 aliphatic heterocycles. The first-order chi connectivity index (χ1) is 18.5. The van der Waals surface area contributed by atoms with Crippen molar-refractivity contribution in [3.8, 4) is 0 Å². The molecule has 0 aromatic rings. The lowest BCUT2D eigenvalue weighted by atomic mass is 9.48. The van der Waals surface area contributed by atoms with E-state index in [0.29, 0.717) is 0 Å². The van der Waals surface area contributed by atoms with Crippen LogP contribution in [0.1, 0.15) is 168 Å². The Labute approximate surface area is 279 Å². The molecule has 0 nitrogen and oxygen atoms in total. The Morgan fingerprint density at radius 1 is 0.302 bits per heavy atom. The Morgan fingerprint density at radius 3 is 1.00 bits per heavy atom. The van der Waals surface area contributed by atoms with Gasteiger partial charge in [0.25, 0.3) is 0 Å². The molecular formula is C41H80B2. The van der Waals surface area contributed by atoms with E-state index < -0.39 is 0 Å². The van der Waals surface area contributed by atoms with Crippen LogP contribution in [0.25, 0.3) is 0 Å². The minimum atomic E-state index is 0. The largest absolute Gasteiger partial charge is 0.0776 e. The number of hydrogen-bond donors (Lipinski definition) is 0. The molecule has 0 spiro atoms. The predicted molar refractivity (Wildman–Crippen MR) is 198 cm³/mol. The van der Waals surface area contributed by atoms with Gasteiger partial charge in [-0.1, -0.05) is 101 Å². The Hall–Kier alpha value is 0.130. The van der Waals surface area contributed by atoms with Gasteiger partial charge in [0.05, 0.1) is 0 Å². The third-order valence-electron chi connectivity index (χ3n) is 16.2. The van der Waals surface area contributed by atoms with Crippen LogP contribution in [0.2, 0.25) is 0 Å². The van der Waals surface area contributed by atoms with Crippen molar-refractivity contribution < 1.29 is 2.85 Å². The summed E-state index contributed by atoms with van der Waals surface area (Å²) in [6.45, 7) is 10.5. The lowest BCUT2D eigenvalue weighted by Gasteiger charge is -2.57. The van der Waals surface area contributed by atoms with Crippen LogP contribution in [-0.2, 0) is 0 Å². The second kappa shape index (κ2) is 16.3. The molecular weight excluding hydrogens is 514 g/mol. The summed E-state index contributed by atoms with van der Waals surface area (Å²) in [6, 6.07) is 0. The zero-order chi connectivity index (χ0) is 26.0. The lowest BCUT2D eigenvalue weighted by Crippen LogP contribution is -2.50. The fraction of sp³-hybridized carbons (Fsp3) is 1.00. The van der Waals surface area contributed by atoms with Gasteiger partial charge in [0.15, 0.2) is 0 Å². The van der Waals surface area contributed by atoms with Crippen molar-refractivity contribution in [3.63, 3.8) is 0 Å². The topological polar surface area (TPSA) is 0 Å². The van der Waals surface area contributed by atoms with E-state index in [1.54, 1.807) is 103 Å². The summed E-state index contributed by atoms with van der Waals surface area (Å²) in [5.74, 6) is 17.6. The molecule has 0 saturated heterocycles. The predicted octanol–water partition coefficient (Wildman–Crippen LogP) is 12.7. The fourth-order valence-corrected chi connectivity index (χ4v) is 14.5. The average molecular weight is 597 g/mol. The van der Waals surface area contributed by atoms with Crippen LogP contribution in [0.4, 0.5) is 0 Å². The van der Waals surface area contributed by atoms with Crippen molar-refractivity contribution in [2.75, 3.05) is 0 Å². The van der Waals surface area contributed by atoms with Gasteiger partial charge in [-0.2, -0.15) is 0 Å². The maximum Gasteiger partial charge on any atom is 0 e. The quantitative estimate of drug-likeness (QED) is 0.244. The van der Waals surface area contributed by atoms with E-state index in [9.17, 15) is 0 Å². The highest BCUT2D eigenvalue weighted by molar-refractivity contribution is 5.76. The highest BCUT2D eigenvalue weighted by Gasteiger charge is 2.55. The van der Waals surface area contributed by atoms with Crippen LogP contribution in [0.5, 0.6) is 0 Å². The molecule has 0 heterocycles. The summed E-state index contributed by atoms with van der Waals surface area (Å²) in [5, 5.41) is 0. The van der Waals surface area contributed by atoms with Gasteiger partial charge in [-0.3, -0.25) is 0 Å². The van der Waals surface area contributed by atoms with Crippen LogP contribution in [-0.4, -0.2) is 16.8 Å². The molecule has 8 aliphatic rings. The van der Waals surface area contributed by atoms with Crippen molar-refractivity contribution in [2.45, 2.75) is 166 Å². The maximum absolute atomic E-state index is 2.63. The van der Waals surface area contributed by atoms with Crippen LogP contribution >= 0.6 is 0 Å². The molecule has 8 fully saturated rings. The van der Waals surface area contributed by atoms with E-state index in [2.05, 4.69) is 27.7 Å². The maximum atomic E-state index is 2.63. The second-order valence-corrected chi connectivity index (χ2v) is 17.0. The summed E-state index contributed by atoms with van der Waals surface area (Å²) in [6.07, 6.45) is 28.2. The Kier molecular flexibility index (Phi) is 14.9.